The fourth-order valence-electron chi connectivity index (χ4n) is 3.71. The van der Waals surface area contributed by atoms with Crippen LogP contribution in [0.2, 0.25) is 0 Å². The van der Waals surface area contributed by atoms with E-state index in [1.54, 1.807) is 4.31 Å². The number of rotatable bonds is 4. The van der Waals surface area contributed by atoms with Gasteiger partial charge < -0.3 is 5.11 Å². The van der Waals surface area contributed by atoms with Crippen molar-refractivity contribution in [3.8, 4) is 0 Å². The molecular formula is C16H32N2O3S. The summed E-state index contributed by atoms with van der Waals surface area (Å²) >= 11 is 0. The molecule has 6 heteroatoms. The Morgan fingerprint density at radius 2 is 1.59 bits per heavy atom. The number of aliphatic hydroxyl groups is 1. The Morgan fingerprint density at radius 3 is 2.05 bits per heavy atom. The minimum atomic E-state index is -3.36. The van der Waals surface area contributed by atoms with Crippen LogP contribution in [0.5, 0.6) is 0 Å². The monoisotopic (exact) mass is 332 g/mol. The second kappa shape index (κ2) is 7.16. The number of nitrogens with one attached hydrogen (secondary N) is 1. The average Bonchev–Trinajstić information content (AvgIpc) is 2.47. The Bertz CT molecular complexity index is 443. The molecule has 0 amide bonds. The molecule has 0 aromatic rings. The molecule has 1 heterocycles. The molecular weight excluding hydrogens is 300 g/mol. The largest absolute Gasteiger partial charge is 0.396 e. The van der Waals surface area contributed by atoms with Gasteiger partial charge in [0.15, 0.2) is 0 Å². The fraction of sp³-hybridized carbons (Fsp3) is 1.00. The van der Waals surface area contributed by atoms with E-state index in [0.717, 1.165) is 38.5 Å². The third kappa shape index (κ3) is 4.66. The van der Waals surface area contributed by atoms with E-state index in [2.05, 4.69) is 25.5 Å². The van der Waals surface area contributed by atoms with E-state index in [4.69, 9.17) is 5.11 Å². The zero-order valence-electron chi connectivity index (χ0n) is 14.2. The van der Waals surface area contributed by atoms with Crippen molar-refractivity contribution < 1.29 is 13.5 Å². The van der Waals surface area contributed by atoms with Gasteiger partial charge in [-0.25, -0.2) is 0 Å². The normalized spacial score (nSPS) is 29.6. The molecule has 1 aliphatic carbocycles. The van der Waals surface area contributed by atoms with E-state index in [1.807, 2.05) is 0 Å². The molecule has 2 fully saturated rings. The molecule has 0 spiro atoms. The SMILES string of the molecule is CC(C)(C)C1CCN(S(=O)(=O)NC2CCC(CO)CC2)CC1. The van der Waals surface area contributed by atoms with Crippen molar-refractivity contribution in [1.29, 1.82) is 0 Å². The summed E-state index contributed by atoms with van der Waals surface area (Å²) in [7, 11) is -3.36. The molecule has 5 nitrogen and oxygen atoms in total. The van der Waals surface area contributed by atoms with Gasteiger partial charge in [0.1, 0.15) is 0 Å². The van der Waals surface area contributed by atoms with Gasteiger partial charge in [-0.1, -0.05) is 20.8 Å². The van der Waals surface area contributed by atoms with E-state index in [0.29, 0.717) is 24.9 Å². The summed E-state index contributed by atoms with van der Waals surface area (Å²) in [6, 6.07) is 0.0353. The lowest BCUT2D eigenvalue weighted by atomic mass is 9.76. The van der Waals surface area contributed by atoms with Gasteiger partial charge in [0.2, 0.25) is 0 Å². The van der Waals surface area contributed by atoms with Crippen LogP contribution in [0.4, 0.5) is 0 Å². The highest BCUT2D eigenvalue weighted by Gasteiger charge is 2.34. The van der Waals surface area contributed by atoms with Crippen molar-refractivity contribution in [2.75, 3.05) is 19.7 Å². The zero-order chi connectivity index (χ0) is 16.4. The molecule has 0 aromatic heterocycles. The van der Waals surface area contributed by atoms with Crippen molar-refractivity contribution in [2.45, 2.75) is 65.3 Å². The summed E-state index contributed by atoms with van der Waals surface area (Å²) in [6.45, 7) is 8.19. The van der Waals surface area contributed by atoms with Gasteiger partial charge in [-0.15, -0.1) is 0 Å². The van der Waals surface area contributed by atoms with E-state index in [-0.39, 0.29) is 18.1 Å². The predicted molar refractivity (Wildman–Crippen MR) is 88.6 cm³/mol. The van der Waals surface area contributed by atoms with E-state index >= 15 is 0 Å². The second-order valence-electron chi connectivity index (χ2n) is 8.06. The van der Waals surface area contributed by atoms with Crippen LogP contribution < -0.4 is 4.72 Å². The lowest BCUT2D eigenvalue weighted by molar-refractivity contribution is 0.151. The van der Waals surface area contributed by atoms with Crippen LogP contribution >= 0.6 is 0 Å². The number of hydrogen-bond acceptors (Lipinski definition) is 3. The summed E-state index contributed by atoms with van der Waals surface area (Å²) in [6.07, 6.45) is 5.39. The van der Waals surface area contributed by atoms with Crippen molar-refractivity contribution in [3.63, 3.8) is 0 Å². The standard InChI is InChI=1S/C16H32N2O3S/c1-16(2,3)14-8-10-18(11-9-14)22(20,21)17-15-6-4-13(12-19)5-7-15/h13-15,17,19H,4-12H2,1-3H3. The maximum atomic E-state index is 12.5. The van der Waals surface area contributed by atoms with Crippen LogP contribution in [0.25, 0.3) is 0 Å². The van der Waals surface area contributed by atoms with Crippen molar-refractivity contribution in [1.82, 2.24) is 9.03 Å². The summed E-state index contributed by atoms with van der Waals surface area (Å²) < 4.78 is 29.6. The van der Waals surface area contributed by atoms with Crippen LogP contribution in [0.15, 0.2) is 0 Å². The molecule has 2 N–H and O–H groups in total. The van der Waals surface area contributed by atoms with Gasteiger partial charge in [-0.05, 0) is 55.8 Å². The molecule has 0 atom stereocenters. The summed E-state index contributed by atoms with van der Waals surface area (Å²) in [4.78, 5) is 0. The van der Waals surface area contributed by atoms with Crippen LogP contribution in [0, 0.1) is 17.3 Å². The maximum absolute atomic E-state index is 12.5. The predicted octanol–water partition coefficient (Wildman–Crippen LogP) is 2.13. The Balaban J connectivity index is 1.84. The molecule has 0 aromatic carbocycles. The molecule has 0 bridgehead atoms. The summed E-state index contributed by atoms with van der Waals surface area (Å²) in [5, 5.41) is 9.16. The number of hydrogen-bond donors (Lipinski definition) is 2. The summed E-state index contributed by atoms with van der Waals surface area (Å²) in [5.74, 6) is 0.947. The maximum Gasteiger partial charge on any atom is 0.279 e. The van der Waals surface area contributed by atoms with Gasteiger partial charge in [-0.3, -0.25) is 0 Å². The van der Waals surface area contributed by atoms with Gasteiger partial charge in [0.25, 0.3) is 10.2 Å². The van der Waals surface area contributed by atoms with E-state index in [9.17, 15) is 8.42 Å². The molecule has 1 saturated heterocycles. The fourth-order valence-corrected chi connectivity index (χ4v) is 5.21. The van der Waals surface area contributed by atoms with Gasteiger partial charge in [0, 0.05) is 25.7 Å². The smallest absolute Gasteiger partial charge is 0.279 e. The molecule has 2 rings (SSSR count). The number of piperidine rings is 1. The Labute approximate surface area is 135 Å². The van der Waals surface area contributed by atoms with Crippen molar-refractivity contribution in [3.05, 3.63) is 0 Å². The molecule has 2 aliphatic rings. The first-order chi connectivity index (χ1) is 10.2. The number of nitrogens with zero attached hydrogens (tertiary/aromatic N) is 1. The average molecular weight is 333 g/mol. The molecule has 0 radical (unpaired) electrons. The highest BCUT2D eigenvalue weighted by Crippen LogP contribution is 2.35. The Kier molecular flexibility index (Phi) is 5.91. The van der Waals surface area contributed by atoms with E-state index in [1.165, 1.54) is 0 Å². The molecule has 1 aliphatic heterocycles. The highest BCUT2D eigenvalue weighted by molar-refractivity contribution is 7.87. The van der Waals surface area contributed by atoms with Crippen LogP contribution in [0.1, 0.15) is 59.3 Å². The quantitative estimate of drug-likeness (QED) is 0.828. The number of aliphatic hydroxyl groups excluding tert-OH is 1. The van der Waals surface area contributed by atoms with Gasteiger partial charge >= 0.3 is 0 Å². The van der Waals surface area contributed by atoms with Crippen molar-refractivity contribution in [2.24, 2.45) is 17.3 Å². The zero-order valence-corrected chi connectivity index (χ0v) is 15.0. The highest BCUT2D eigenvalue weighted by atomic mass is 32.2. The van der Waals surface area contributed by atoms with Gasteiger partial charge in [0.05, 0.1) is 0 Å². The minimum absolute atomic E-state index is 0.0353. The van der Waals surface area contributed by atoms with E-state index < -0.39 is 10.2 Å². The van der Waals surface area contributed by atoms with Crippen LogP contribution in [-0.4, -0.2) is 43.6 Å². The van der Waals surface area contributed by atoms with Gasteiger partial charge in [-0.2, -0.15) is 17.4 Å². The lowest BCUT2D eigenvalue weighted by Crippen LogP contribution is -2.50. The molecule has 130 valence electrons. The first kappa shape index (κ1) is 18.2. The molecule has 0 unspecified atom stereocenters. The minimum Gasteiger partial charge on any atom is -0.396 e. The topological polar surface area (TPSA) is 69.6 Å². The van der Waals surface area contributed by atoms with Crippen LogP contribution in [-0.2, 0) is 10.2 Å². The lowest BCUT2D eigenvalue weighted by Gasteiger charge is -2.39. The summed E-state index contributed by atoms with van der Waals surface area (Å²) in [5.41, 5.74) is 0.256. The molecule has 1 saturated carbocycles. The first-order valence-electron chi connectivity index (χ1n) is 8.60. The second-order valence-corrected chi connectivity index (χ2v) is 9.76. The third-order valence-corrected chi connectivity index (χ3v) is 7.12. The first-order valence-corrected chi connectivity index (χ1v) is 10.0. The Hall–Kier alpha value is -0.170. The van der Waals surface area contributed by atoms with Crippen LogP contribution in [0.3, 0.4) is 0 Å². The molecule has 22 heavy (non-hydrogen) atoms. The van der Waals surface area contributed by atoms with Crippen molar-refractivity contribution >= 4 is 10.2 Å². The third-order valence-electron chi connectivity index (χ3n) is 5.44. The Morgan fingerprint density at radius 1 is 1.05 bits per heavy atom.